The van der Waals surface area contributed by atoms with Crippen molar-refractivity contribution < 1.29 is 23.1 Å². The van der Waals surface area contributed by atoms with Gasteiger partial charge < -0.3 is 34.5 Å². The first-order valence-corrected chi connectivity index (χ1v) is 13.0. The van der Waals surface area contributed by atoms with E-state index in [0.717, 1.165) is 25.2 Å². The van der Waals surface area contributed by atoms with E-state index in [9.17, 15) is 14.0 Å². The van der Waals surface area contributed by atoms with E-state index in [1.807, 2.05) is 11.0 Å². The number of halogens is 1. The van der Waals surface area contributed by atoms with Gasteiger partial charge in [-0.05, 0) is 44.0 Å². The molecule has 2 fully saturated rings. The van der Waals surface area contributed by atoms with Crippen LogP contribution in [0.4, 0.5) is 32.4 Å². The number of benzene rings is 1. The van der Waals surface area contributed by atoms with Crippen LogP contribution in [0.2, 0.25) is 0 Å². The highest BCUT2D eigenvalue weighted by Crippen LogP contribution is 2.24. The molecule has 4 heterocycles. The number of hydrogen-bond donors (Lipinski definition) is 2. The summed E-state index contributed by atoms with van der Waals surface area (Å²) in [4.78, 5) is 40.1. The Morgan fingerprint density at radius 1 is 1.05 bits per heavy atom. The number of oxazole rings is 1. The van der Waals surface area contributed by atoms with Gasteiger partial charge in [-0.1, -0.05) is 12.1 Å². The highest BCUT2D eigenvalue weighted by Gasteiger charge is 2.26. The van der Waals surface area contributed by atoms with E-state index < -0.39 is 11.7 Å². The minimum Gasteiger partial charge on any atom is -0.418 e. The van der Waals surface area contributed by atoms with Crippen LogP contribution in [0.15, 0.2) is 47.0 Å². The van der Waals surface area contributed by atoms with Gasteiger partial charge in [0.05, 0.1) is 29.4 Å². The molecule has 206 valence electrons. The van der Waals surface area contributed by atoms with Crippen LogP contribution < -0.4 is 20.4 Å². The van der Waals surface area contributed by atoms with Gasteiger partial charge >= 0.3 is 6.03 Å². The molecule has 0 saturated carbocycles. The van der Waals surface area contributed by atoms with Gasteiger partial charge in [0.15, 0.2) is 0 Å². The Bertz CT molecular complexity index is 1310. The van der Waals surface area contributed by atoms with Crippen LogP contribution in [0.25, 0.3) is 0 Å². The van der Waals surface area contributed by atoms with Crippen LogP contribution in [0.5, 0.6) is 0 Å². The summed E-state index contributed by atoms with van der Waals surface area (Å²) in [6.45, 7) is 5.31. The third-order valence-electron chi connectivity index (χ3n) is 6.99. The first kappa shape index (κ1) is 26.4. The number of piperidine rings is 1. The average molecular weight is 538 g/mol. The summed E-state index contributed by atoms with van der Waals surface area (Å²) in [5, 5.41) is 5.45. The highest BCUT2D eigenvalue weighted by atomic mass is 19.1. The van der Waals surface area contributed by atoms with E-state index >= 15 is 0 Å². The fourth-order valence-corrected chi connectivity index (χ4v) is 4.76. The van der Waals surface area contributed by atoms with Crippen molar-refractivity contribution in [1.29, 1.82) is 0 Å². The number of amides is 3. The van der Waals surface area contributed by atoms with Crippen LogP contribution in [0, 0.1) is 12.7 Å². The second-order valence-corrected chi connectivity index (χ2v) is 9.60. The van der Waals surface area contributed by atoms with Crippen molar-refractivity contribution in [2.45, 2.75) is 25.9 Å². The van der Waals surface area contributed by atoms with E-state index in [1.165, 1.54) is 12.1 Å². The molecule has 3 aromatic rings. The molecule has 2 aliphatic rings. The number of carbonyl (C=O) groups is 2. The summed E-state index contributed by atoms with van der Waals surface area (Å²) >= 11 is 0. The van der Waals surface area contributed by atoms with Crippen molar-refractivity contribution in [2.75, 3.05) is 66.8 Å². The molecule has 3 amide bonds. The summed E-state index contributed by atoms with van der Waals surface area (Å²) in [6.07, 6.45) is 3.66. The van der Waals surface area contributed by atoms with Gasteiger partial charge in [0.25, 0.3) is 11.9 Å². The molecule has 12 heteroatoms. The topological polar surface area (TPSA) is 116 Å². The monoisotopic (exact) mass is 537 g/mol. The van der Waals surface area contributed by atoms with Crippen molar-refractivity contribution in [2.24, 2.45) is 0 Å². The molecule has 0 spiro atoms. The van der Waals surface area contributed by atoms with E-state index in [2.05, 4.69) is 25.5 Å². The number of para-hydroxylation sites is 1. The number of hydrogen-bond acceptors (Lipinski definition) is 8. The lowest BCUT2D eigenvalue weighted by Crippen LogP contribution is -2.50. The number of carbonyl (C=O) groups excluding carboxylic acids is 2. The molecule has 11 nitrogen and oxygen atoms in total. The maximum absolute atomic E-state index is 13.8. The third kappa shape index (κ3) is 6.11. The predicted octanol–water partition coefficient (Wildman–Crippen LogP) is 3.74. The number of piperazine rings is 1. The molecule has 0 bridgehead atoms. The maximum Gasteiger partial charge on any atom is 0.322 e. The fourth-order valence-electron chi connectivity index (χ4n) is 4.76. The smallest absolute Gasteiger partial charge is 0.322 e. The quantitative estimate of drug-likeness (QED) is 0.489. The predicted molar refractivity (Wildman–Crippen MR) is 145 cm³/mol. The van der Waals surface area contributed by atoms with Crippen molar-refractivity contribution in [1.82, 2.24) is 14.9 Å². The number of urea groups is 1. The first-order chi connectivity index (χ1) is 18.9. The van der Waals surface area contributed by atoms with Crippen LogP contribution in [0.1, 0.15) is 29.1 Å². The Balaban J connectivity index is 1.14. The summed E-state index contributed by atoms with van der Waals surface area (Å²) in [5.41, 5.74) is 1.21. The molecule has 1 atom stereocenters. The Hall–Kier alpha value is -4.19. The molecule has 2 aromatic heterocycles. The van der Waals surface area contributed by atoms with Gasteiger partial charge in [0.1, 0.15) is 11.6 Å². The number of anilines is 4. The number of nitrogens with one attached hydrogen (secondary N) is 2. The van der Waals surface area contributed by atoms with Gasteiger partial charge in [-0.2, -0.15) is 4.98 Å². The average Bonchev–Trinajstić information content (AvgIpc) is 3.36. The lowest BCUT2D eigenvalue weighted by atomic mass is 10.1. The van der Waals surface area contributed by atoms with Crippen molar-refractivity contribution in [3.05, 3.63) is 59.9 Å². The van der Waals surface area contributed by atoms with E-state index in [1.54, 1.807) is 43.3 Å². The summed E-state index contributed by atoms with van der Waals surface area (Å²) in [5.74, 6) is 0.0362. The maximum atomic E-state index is 13.8. The fraction of sp³-hybridized carbons (Fsp3) is 0.407. The molecule has 5 rings (SSSR count). The highest BCUT2D eigenvalue weighted by molar-refractivity contribution is 6.03. The number of nitrogens with zero attached hydrogens (tertiary/aromatic N) is 5. The molecular formula is C27H32FN7O4. The SMILES string of the molecule is COC1CCCN(c2nc(C)c(C(=O)Nc3ccc(N4CCN(C(=O)Nc5ccccc5F)CC4)nc3)o2)C1. The summed E-state index contributed by atoms with van der Waals surface area (Å²) in [7, 11) is 1.70. The number of pyridine rings is 1. The molecule has 2 N–H and O–H groups in total. The van der Waals surface area contributed by atoms with Gasteiger partial charge in [0, 0.05) is 46.4 Å². The van der Waals surface area contributed by atoms with E-state index in [4.69, 9.17) is 9.15 Å². The van der Waals surface area contributed by atoms with Crippen molar-refractivity contribution in [3.63, 3.8) is 0 Å². The zero-order chi connectivity index (χ0) is 27.4. The summed E-state index contributed by atoms with van der Waals surface area (Å²) in [6, 6.07) is 9.77. The molecule has 0 radical (unpaired) electrons. The number of aromatic nitrogens is 2. The lowest BCUT2D eigenvalue weighted by Gasteiger charge is -2.35. The summed E-state index contributed by atoms with van der Waals surface area (Å²) < 4.78 is 25.1. The molecule has 1 aromatic carbocycles. The Morgan fingerprint density at radius 2 is 1.85 bits per heavy atom. The van der Waals surface area contributed by atoms with Crippen molar-refractivity contribution in [3.8, 4) is 0 Å². The van der Waals surface area contributed by atoms with Crippen molar-refractivity contribution >= 4 is 35.1 Å². The zero-order valence-electron chi connectivity index (χ0n) is 22.0. The minimum absolute atomic E-state index is 0.117. The first-order valence-electron chi connectivity index (χ1n) is 13.0. The second kappa shape index (κ2) is 11.7. The number of aryl methyl sites for hydroxylation is 1. The Morgan fingerprint density at radius 3 is 2.56 bits per heavy atom. The van der Waals surface area contributed by atoms with Gasteiger partial charge in [0.2, 0.25) is 5.76 Å². The molecular weight excluding hydrogens is 505 g/mol. The van der Waals surface area contributed by atoms with E-state index in [0.29, 0.717) is 50.1 Å². The van der Waals surface area contributed by atoms with Gasteiger partial charge in [-0.15, -0.1) is 0 Å². The largest absolute Gasteiger partial charge is 0.418 e. The van der Waals surface area contributed by atoms with Crippen LogP contribution in [-0.4, -0.2) is 79.3 Å². The number of rotatable bonds is 6. The molecule has 39 heavy (non-hydrogen) atoms. The molecule has 2 aliphatic heterocycles. The molecule has 2 saturated heterocycles. The van der Waals surface area contributed by atoms with Crippen LogP contribution >= 0.6 is 0 Å². The second-order valence-electron chi connectivity index (χ2n) is 9.60. The molecule has 1 unspecified atom stereocenters. The van der Waals surface area contributed by atoms with E-state index in [-0.39, 0.29) is 23.6 Å². The Labute approximate surface area is 225 Å². The van der Waals surface area contributed by atoms with Crippen LogP contribution in [-0.2, 0) is 4.74 Å². The minimum atomic E-state index is -0.470. The number of methoxy groups -OCH3 is 1. The Kier molecular flexibility index (Phi) is 7.92. The van der Waals surface area contributed by atoms with Crippen LogP contribution in [0.3, 0.4) is 0 Å². The lowest BCUT2D eigenvalue weighted by molar-refractivity contribution is 0.0877. The third-order valence-corrected chi connectivity index (χ3v) is 6.99. The molecule has 0 aliphatic carbocycles. The zero-order valence-corrected chi connectivity index (χ0v) is 22.0. The normalized spacial score (nSPS) is 17.7. The standard InChI is InChI=1S/C27H32FN7O4/c1-18-24(39-27(30-18)35-11-5-6-20(17-35)38-2)25(36)31-19-9-10-23(29-16-19)33-12-14-34(15-13-33)26(37)32-22-8-4-3-7-21(22)28/h3-4,7-10,16,20H,5-6,11-15,17H2,1-2H3,(H,31,36)(H,32,37). The number of ether oxygens (including phenoxy) is 1. The van der Waals surface area contributed by atoms with Gasteiger partial charge in [-0.25, -0.2) is 14.2 Å². The van der Waals surface area contributed by atoms with Gasteiger partial charge in [-0.3, -0.25) is 4.79 Å².